The van der Waals surface area contributed by atoms with Crippen molar-refractivity contribution in [2.75, 3.05) is 19.8 Å². The number of hydrogen-bond donors (Lipinski definition) is 1. The number of carbonyl (C=O) groups excluding carboxylic acids is 1. The van der Waals surface area contributed by atoms with Crippen LogP contribution < -0.4 is 5.32 Å². The first-order valence-corrected chi connectivity index (χ1v) is 7.87. The third-order valence-electron chi connectivity index (χ3n) is 4.14. The van der Waals surface area contributed by atoms with Crippen molar-refractivity contribution in [1.29, 1.82) is 0 Å². The van der Waals surface area contributed by atoms with E-state index >= 15 is 0 Å². The Morgan fingerprint density at radius 1 is 1.13 bits per heavy atom. The molecule has 2 heterocycles. The highest BCUT2D eigenvalue weighted by Crippen LogP contribution is 2.25. The van der Waals surface area contributed by atoms with Crippen LogP contribution in [0.2, 0.25) is 0 Å². The zero-order valence-corrected chi connectivity index (χ0v) is 13.8. The first-order chi connectivity index (χ1) is 11.0. The summed E-state index contributed by atoms with van der Waals surface area (Å²) < 4.78 is 5.20. The van der Waals surface area contributed by atoms with Crippen LogP contribution in [0.25, 0.3) is 11.1 Å². The zero-order chi connectivity index (χ0) is 16.4. The first kappa shape index (κ1) is 15.7. The maximum atomic E-state index is 12.2. The number of nitrogens with one attached hydrogen (secondary N) is 1. The summed E-state index contributed by atoms with van der Waals surface area (Å²) in [7, 11) is 0. The minimum absolute atomic E-state index is 0.0354. The van der Waals surface area contributed by atoms with Gasteiger partial charge in [-0.25, -0.2) is 0 Å². The van der Waals surface area contributed by atoms with Gasteiger partial charge in [-0.1, -0.05) is 19.1 Å². The quantitative estimate of drug-likeness (QED) is 0.944. The lowest BCUT2D eigenvalue weighted by Crippen LogP contribution is -2.48. The van der Waals surface area contributed by atoms with E-state index in [4.69, 9.17) is 4.74 Å². The van der Waals surface area contributed by atoms with Crippen LogP contribution in [0.4, 0.5) is 0 Å². The molecule has 1 aliphatic rings. The third kappa shape index (κ3) is 3.59. The highest BCUT2D eigenvalue weighted by molar-refractivity contribution is 5.94. The van der Waals surface area contributed by atoms with E-state index in [1.54, 1.807) is 0 Å². The topological polar surface area (TPSA) is 51.2 Å². The average molecular weight is 310 g/mol. The van der Waals surface area contributed by atoms with Crippen LogP contribution in [0.3, 0.4) is 0 Å². The monoisotopic (exact) mass is 310 g/mol. The van der Waals surface area contributed by atoms with Crippen LogP contribution in [-0.2, 0) is 4.74 Å². The summed E-state index contributed by atoms with van der Waals surface area (Å²) in [5.74, 6) is -0.0354. The number of pyridine rings is 1. The van der Waals surface area contributed by atoms with Crippen molar-refractivity contribution in [2.24, 2.45) is 5.41 Å². The van der Waals surface area contributed by atoms with Gasteiger partial charge in [0.05, 0.1) is 13.2 Å². The van der Waals surface area contributed by atoms with E-state index < -0.39 is 0 Å². The van der Waals surface area contributed by atoms with Gasteiger partial charge in [0.25, 0.3) is 5.91 Å². The molecule has 1 aliphatic heterocycles. The molecule has 1 N–H and O–H groups in total. The fourth-order valence-corrected chi connectivity index (χ4v) is 2.76. The molecule has 0 saturated carbocycles. The smallest absolute Gasteiger partial charge is 0.251 e. The highest BCUT2D eigenvalue weighted by Gasteiger charge is 2.33. The van der Waals surface area contributed by atoms with E-state index in [-0.39, 0.29) is 11.3 Å². The molecule has 3 rings (SSSR count). The molecule has 0 bridgehead atoms. The van der Waals surface area contributed by atoms with E-state index in [0.717, 1.165) is 22.5 Å². The fourth-order valence-electron chi connectivity index (χ4n) is 2.76. The van der Waals surface area contributed by atoms with E-state index in [9.17, 15) is 4.79 Å². The number of rotatable bonds is 4. The zero-order valence-electron chi connectivity index (χ0n) is 13.8. The Bertz CT molecular complexity index is 698. The Hall–Kier alpha value is -2.20. The van der Waals surface area contributed by atoms with Gasteiger partial charge in [0.15, 0.2) is 0 Å². The molecule has 1 amide bonds. The average Bonchev–Trinajstić information content (AvgIpc) is 2.50. The molecular weight excluding hydrogens is 288 g/mol. The number of nitrogens with zero attached hydrogens (tertiary/aromatic N) is 1. The van der Waals surface area contributed by atoms with Gasteiger partial charge in [0.1, 0.15) is 0 Å². The van der Waals surface area contributed by atoms with E-state index in [1.807, 2.05) is 38.1 Å². The molecule has 1 fully saturated rings. The predicted octanol–water partition coefficient (Wildman–Crippen LogP) is 3.13. The largest absolute Gasteiger partial charge is 0.380 e. The van der Waals surface area contributed by atoms with E-state index in [0.29, 0.717) is 25.3 Å². The fraction of sp³-hybridized carbons (Fsp3) is 0.368. The van der Waals surface area contributed by atoms with Crippen molar-refractivity contribution in [3.8, 4) is 11.1 Å². The Kier molecular flexibility index (Phi) is 4.18. The van der Waals surface area contributed by atoms with Crippen LogP contribution in [0.5, 0.6) is 0 Å². The standard InChI is InChI=1S/C19H22N2O2/c1-13-8-17(9-14(2)21-13)15-4-6-16(7-5-15)18(22)20-10-19(3)11-23-12-19/h4-9H,10-12H2,1-3H3,(H,20,22). The van der Waals surface area contributed by atoms with Gasteiger partial charge in [-0.05, 0) is 49.2 Å². The summed E-state index contributed by atoms with van der Waals surface area (Å²) in [6.07, 6.45) is 0. The van der Waals surface area contributed by atoms with Gasteiger partial charge < -0.3 is 10.1 Å². The number of benzene rings is 1. The Balaban J connectivity index is 1.70. The molecule has 1 saturated heterocycles. The summed E-state index contributed by atoms with van der Waals surface area (Å²) in [5, 5.41) is 2.99. The molecule has 2 aromatic rings. The lowest BCUT2D eigenvalue weighted by atomic mass is 9.88. The second-order valence-electron chi connectivity index (χ2n) is 6.70. The summed E-state index contributed by atoms with van der Waals surface area (Å²) in [6.45, 7) is 8.18. The maximum absolute atomic E-state index is 12.2. The third-order valence-corrected chi connectivity index (χ3v) is 4.14. The minimum atomic E-state index is -0.0354. The van der Waals surface area contributed by atoms with Crippen molar-refractivity contribution in [2.45, 2.75) is 20.8 Å². The van der Waals surface area contributed by atoms with Crippen molar-refractivity contribution in [3.05, 3.63) is 53.3 Å². The van der Waals surface area contributed by atoms with Gasteiger partial charge in [0, 0.05) is 28.9 Å². The molecular formula is C19H22N2O2. The molecule has 120 valence electrons. The molecule has 4 nitrogen and oxygen atoms in total. The lowest BCUT2D eigenvalue weighted by Gasteiger charge is -2.38. The van der Waals surface area contributed by atoms with Crippen LogP contribution in [0.15, 0.2) is 36.4 Å². The molecule has 0 radical (unpaired) electrons. The molecule has 23 heavy (non-hydrogen) atoms. The van der Waals surface area contributed by atoms with Gasteiger partial charge in [-0.2, -0.15) is 0 Å². The molecule has 4 heteroatoms. The van der Waals surface area contributed by atoms with E-state index in [1.165, 1.54) is 0 Å². The second-order valence-corrected chi connectivity index (χ2v) is 6.70. The van der Waals surface area contributed by atoms with Crippen LogP contribution in [0, 0.1) is 19.3 Å². The number of aromatic nitrogens is 1. The molecule has 0 unspecified atom stereocenters. The normalized spacial score (nSPS) is 15.8. The summed E-state index contributed by atoms with van der Waals surface area (Å²) in [5.41, 5.74) is 4.98. The van der Waals surface area contributed by atoms with Crippen molar-refractivity contribution < 1.29 is 9.53 Å². The SMILES string of the molecule is Cc1cc(-c2ccc(C(=O)NCC3(C)COC3)cc2)cc(C)n1. The van der Waals surface area contributed by atoms with Crippen LogP contribution in [-0.4, -0.2) is 30.6 Å². The van der Waals surface area contributed by atoms with Gasteiger partial charge in [-0.15, -0.1) is 0 Å². The minimum Gasteiger partial charge on any atom is -0.380 e. The lowest BCUT2D eigenvalue weighted by molar-refractivity contribution is -0.0978. The number of aryl methyl sites for hydroxylation is 2. The van der Waals surface area contributed by atoms with Gasteiger partial charge >= 0.3 is 0 Å². The molecule has 0 spiro atoms. The van der Waals surface area contributed by atoms with Gasteiger partial charge in [0.2, 0.25) is 0 Å². The number of hydrogen-bond acceptors (Lipinski definition) is 3. The Morgan fingerprint density at radius 3 is 2.26 bits per heavy atom. The predicted molar refractivity (Wildman–Crippen MR) is 90.4 cm³/mol. The van der Waals surface area contributed by atoms with Crippen molar-refractivity contribution in [1.82, 2.24) is 10.3 Å². The number of carbonyl (C=O) groups is 1. The summed E-state index contributed by atoms with van der Waals surface area (Å²) in [6, 6.07) is 11.8. The maximum Gasteiger partial charge on any atom is 0.251 e. The van der Waals surface area contributed by atoms with Crippen LogP contribution in [0.1, 0.15) is 28.7 Å². The van der Waals surface area contributed by atoms with Gasteiger partial charge in [-0.3, -0.25) is 9.78 Å². The highest BCUT2D eigenvalue weighted by atomic mass is 16.5. The number of ether oxygens (including phenoxy) is 1. The Labute approximate surface area is 136 Å². The molecule has 1 aromatic heterocycles. The van der Waals surface area contributed by atoms with Crippen molar-refractivity contribution in [3.63, 3.8) is 0 Å². The van der Waals surface area contributed by atoms with Crippen molar-refractivity contribution >= 4 is 5.91 Å². The summed E-state index contributed by atoms with van der Waals surface area (Å²) in [4.78, 5) is 16.6. The number of amides is 1. The summed E-state index contributed by atoms with van der Waals surface area (Å²) >= 11 is 0. The first-order valence-electron chi connectivity index (χ1n) is 7.87. The van der Waals surface area contributed by atoms with E-state index in [2.05, 4.69) is 29.4 Å². The molecule has 0 aliphatic carbocycles. The molecule has 1 aromatic carbocycles. The van der Waals surface area contributed by atoms with Crippen LogP contribution >= 0.6 is 0 Å². The molecule has 0 atom stereocenters. The second kappa shape index (κ2) is 6.13. The Morgan fingerprint density at radius 2 is 1.74 bits per heavy atom.